The first-order chi connectivity index (χ1) is 8.62. The molecule has 18 heavy (non-hydrogen) atoms. The van der Waals surface area contributed by atoms with Gasteiger partial charge in [0.2, 0.25) is 0 Å². The molecule has 1 aromatic carbocycles. The van der Waals surface area contributed by atoms with Gasteiger partial charge >= 0.3 is 0 Å². The summed E-state index contributed by atoms with van der Waals surface area (Å²) in [6, 6.07) is 4.92. The minimum atomic E-state index is -0.225. The first-order valence-electron chi connectivity index (χ1n) is 6.34. The van der Waals surface area contributed by atoms with Crippen LogP contribution in [0, 0.1) is 5.82 Å². The Morgan fingerprint density at radius 1 is 1.22 bits per heavy atom. The first kappa shape index (κ1) is 12.1. The van der Waals surface area contributed by atoms with Gasteiger partial charge in [0.25, 0.3) is 0 Å². The number of rotatable bonds is 2. The lowest BCUT2D eigenvalue weighted by Crippen LogP contribution is -2.42. The van der Waals surface area contributed by atoms with Crippen molar-refractivity contribution in [3.8, 4) is 0 Å². The average Bonchev–Trinajstić information content (AvgIpc) is 3.11. The van der Waals surface area contributed by atoms with Gasteiger partial charge in [0, 0.05) is 42.1 Å². The monoisotopic (exact) mass is 267 g/mol. The third-order valence-electron chi connectivity index (χ3n) is 4.08. The Balaban J connectivity index is 1.88. The zero-order valence-electron chi connectivity index (χ0n) is 10.1. The Labute approximate surface area is 111 Å². The van der Waals surface area contributed by atoms with Crippen LogP contribution in [0.3, 0.4) is 0 Å². The topological polar surface area (TPSA) is 20.3 Å². The number of likely N-dealkylation sites (tertiary alicyclic amines) is 1. The first-order valence-corrected chi connectivity index (χ1v) is 6.72. The molecule has 0 aromatic heterocycles. The molecule has 96 valence electrons. The molecule has 0 bridgehead atoms. The van der Waals surface area contributed by atoms with Crippen molar-refractivity contribution in [2.45, 2.75) is 31.2 Å². The molecule has 1 aliphatic carbocycles. The molecule has 0 radical (unpaired) electrons. The fourth-order valence-electron chi connectivity index (χ4n) is 2.93. The van der Waals surface area contributed by atoms with Gasteiger partial charge in [-0.15, -0.1) is 0 Å². The van der Waals surface area contributed by atoms with Crippen molar-refractivity contribution in [2.75, 3.05) is 13.1 Å². The summed E-state index contributed by atoms with van der Waals surface area (Å²) >= 11 is 5.79. The van der Waals surface area contributed by atoms with Crippen molar-refractivity contribution < 1.29 is 9.18 Å². The Morgan fingerprint density at radius 2 is 1.89 bits per heavy atom. The van der Waals surface area contributed by atoms with Crippen LogP contribution in [0.5, 0.6) is 0 Å². The second kappa shape index (κ2) is 4.32. The number of carbonyl (C=O) groups excluding carboxylic acids is 1. The van der Waals surface area contributed by atoms with E-state index in [-0.39, 0.29) is 11.4 Å². The maximum absolute atomic E-state index is 14.0. The van der Waals surface area contributed by atoms with E-state index in [9.17, 15) is 9.18 Å². The molecule has 2 fully saturated rings. The molecule has 0 spiro atoms. The van der Waals surface area contributed by atoms with Gasteiger partial charge in [0.1, 0.15) is 11.6 Å². The van der Waals surface area contributed by atoms with Crippen LogP contribution in [0.2, 0.25) is 5.02 Å². The van der Waals surface area contributed by atoms with Gasteiger partial charge in [0.05, 0.1) is 0 Å². The average molecular weight is 268 g/mol. The number of benzene rings is 1. The van der Waals surface area contributed by atoms with Crippen LogP contribution in [0.4, 0.5) is 4.39 Å². The lowest BCUT2D eigenvalue weighted by Gasteiger charge is -2.35. The molecule has 1 aliphatic heterocycles. The zero-order valence-corrected chi connectivity index (χ0v) is 10.8. The highest BCUT2D eigenvalue weighted by molar-refractivity contribution is 6.30. The number of ketones is 1. The molecule has 4 heteroatoms. The fraction of sp³-hybridized carbons (Fsp3) is 0.500. The van der Waals surface area contributed by atoms with Crippen molar-refractivity contribution in [3.05, 3.63) is 34.6 Å². The molecule has 0 N–H and O–H groups in total. The smallest absolute Gasteiger partial charge is 0.135 e. The van der Waals surface area contributed by atoms with Crippen LogP contribution in [0.1, 0.15) is 31.2 Å². The number of hydrogen-bond donors (Lipinski definition) is 0. The molecule has 1 aromatic rings. The predicted octanol–water partition coefficient (Wildman–Crippen LogP) is 3.13. The van der Waals surface area contributed by atoms with Crippen LogP contribution in [0.25, 0.3) is 0 Å². The van der Waals surface area contributed by atoms with Gasteiger partial charge in [-0.25, -0.2) is 4.39 Å². The minimum absolute atomic E-state index is 0.171. The number of piperidine rings is 1. The number of carbonyl (C=O) groups is 1. The van der Waals surface area contributed by atoms with E-state index in [1.165, 1.54) is 6.07 Å². The molecule has 1 saturated heterocycles. The van der Waals surface area contributed by atoms with Crippen LogP contribution >= 0.6 is 11.6 Å². The highest BCUT2D eigenvalue weighted by Gasteiger charge is 2.51. The summed E-state index contributed by atoms with van der Waals surface area (Å²) < 4.78 is 14.0. The normalized spacial score (nSPS) is 23.1. The van der Waals surface area contributed by atoms with E-state index in [4.69, 9.17) is 11.6 Å². The Bertz CT molecular complexity index is 489. The summed E-state index contributed by atoms with van der Waals surface area (Å²) in [4.78, 5) is 13.6. The van der Waals surface area contributed by atoms with Gasteiger partial charge < -0.3 is 0 Å². The Morgan fingerprint density at radius 3 is 2.44 bits per heavy atom. The highest BCUT2D eigenvalue weighted by Crippen LogP contribution is 2.52. The third-order valence-corrected chi connectivity index (χ3v) is 4.32. The second-order valence-corrected chi connectivity index (χ2v) is 5.62. The van der Waals surface area contributed by atoms with Gasteiger partial charge in [-0.3, -0.25) is 9.69 Å². The van der Waals surface area contributed by atoms with Crippen LogP contribution in [-0.4, -0.2) is 23.8 Å². The Kier molecular flexibility index (Phi) is 2.91. The van der Waals surface area contributed by atoms with Gasteiger partial charge in [-0.1, -0.05) is 17.7 Å². The lowest BCUT2D eigenvalue weighted by atomic mass is 9.98. The van der Waals surface area contributed by atoms with E-state index in [1.54, 1.807) is 12.1 Å². The maximum atomic E-state index is 14.0. The van der Waals surface area contributed by atoms with E-state index in [2.05, 4.69) is 4.90 Å². The molecule has 0 amide bonds. The summed E-state index contributed by atoms with van der Waals surface area (Å²) in [5.41, 5.74) is 0.566. The molecule has 2 nitrogen and oxygen atoms in total. The molecule has 2 aliphatic rings. The van der Waals surface area contributed by atoms with Crippen molar-refractivity contribution in [3.63, 3.8) is 0 Å². The SMILES string of the molecule is O=C1CCN(C2(c3ccc(Cl)cc3F)CC2)CC1. The van der Waals surface area contributed by atoms with E-state index in [0.29, 0.717) is 23.6 Å². The van der Waals surface area contributed by atoms with Crippen LogP contribution < -0.4 is 0 Å². The summed E-state index contributed by atoms with van der Waals surface area (Å²) in [5, 5.41) is 0.431. The molecule has 1 saturated carbocycles. The summed E-state index contributed by atoms with van der Waals surface area (Å²) in [6.45, 7) is 1.50. The third kappa shape index (κ3) is 1.95. The highest BCUT2D eigenvalue weighted by atomic mass is 35.5. The quantitative estimate of drug-likeness (QED) is 0.821. The Hall–Kier alpha value is -0.930. The molecule has 1 heterocycles. The zero-order chi connectivity index (χ0) is 12.8. The number of hydrogen-bond acceptors (Lipinski definition) is 2. The number of nitrogens with zero attached hydrogens (tertiary/aromatic N) is 1. The number of Topliss-reactive ketones (excluding diaryl/α,β-unsaturated/α-hetero) is 1. The summed E-state index contributed by atoms with van der Waals surface area (Å²) in [5.74, 6) is 0.0931. The predicted molar refractivity (Wildman–Crippen MR) is 68.1 cm³/mol. The maximum Gasteiger partial charge on any atom is 0.135 e. The van der Waals surface area contributed by atoms with Crippen LogP contribution in [0.15, 0.2) is 18.2 Å². The minimum Gasteiger partial charge on any atom is -0.300 e. The summed E-state index contributed by atoms with van der Waals surface area (Å²) in [7, 11) is 0. The van der Waals surface area contributed by atoms with Gasteiger partial charge in [-0.05, 0) is 25.0 Å². The summed E-state index contributed by atoms with van der Waals surface area (Å²) in [6.07, 6.45) is 3.13. The lowest BCUT2D eigenvalue weighted by molar-refractivity contribution is -0.122. The largest absolute Gasteiger partial charge is 0.300 e. The van der Waals surface area contributed by atoms with E-state index >= 15 is 0 Å². The number of halogens is 2. The van der Waals surface area contributed by atoms with E-state index < -0.39 is 0 Å². The van der Waals surface area contributed by atoms with Crippen LogP contribution in [-0.2, 0) is 10.3 Å². The fourth-order valence-corrected chi connectivity index (χ4v) is 3.08. The molecular weight excluding hydrogens is 253 g/mol. The molecule has 0 atom stereocenters. The van der Waals surface area contributed by atoms with Gasteiger partial charge in [-0.2, -0.15) is 0 Å². The van der Waals surface area contributed by atoms with Gasteiger partial charge in [0.15, 0.2) is 0 Å². The second-order valence-electron chi connectivity index (χ2n) is 5.18. The van der Waals surface area contributed by atoms with Crippen molar-refractivity contribution in [1.82, 2.24) is 4.90 Å². The van der Waals surface area contributed by atoms with E-state index in [0.717, 1.165) is 31.5 Å². The molecule has 3 rings (SSSR count). The standard InChI is InChI=1S/C14H15ClFNO/c15-10-1-2-12(13(16)9-10)14(5-6-14)17-7-3-11(18)4-8-17/h1-2,9H,3-8H2. The van der Waals surface area contributed by atoms with Crippen molar-refractivity contribution >= 4 is 17.4 Å². The van der Waals surface area contributed by atoms with Crippen molar-refractivity contribution in [2.24, 2.45) is 0 Å². The van der Waals surface area contributed by atoms with Crippen molar-refractivity contribution in [1.29, 1.82) is 0 Å². The molecular formula is C14H15ClFNO. The van der Waals surface area contributed by atoms with E-state index in [1.807, 2.05) is 0 Å². The molecule has 0 unspecified atom stereocenters.